The van der Waals surface area contributed by atoms with Gasteiger partial charge in [-0.15, -0.1) is 0 Å². The maximum atomic E-state index is 14.0. The topological polar surface area (TPSA) is 49.4 Å². The molecular formula is C13H18ClFN2O2S. The van der Waals surface area contributed by atoms with Crippen molar-refractivity contribution in [3.8, 4) is 0 Å². The van der Waals surface area contributed by atoms with E-state index in [9.17, 15) is 12.8 Å². The summed E-state index contributed by atoms with van der Waals surface area (Å²) in [7, 11) is -3.87. The summed E-state index contributed by atoms with van der Waals surface area (Å²) in [6.07, 6.45) is 1.42. The summed E-state index contributed by atoms with van der Waals surface area (Å²) < 4.78 is 40.8. The van der Waals surface area contributed by atoms with Gasteiger partial charge in [0.1, 0.15) is 4.90 Å². The van der Waals surface area contributed by atoms with E-state index in [-0.39, 0.29) is 16.0 Å². The fraction of sp³-hybridized carbons (Fsp3) is 0.538. The second kappa shape index (κ2) is 6.39. The molecule has 0 bridgehead atoms. The highest BCUT2D eigenvalue weighted by molar-refractivity contribution is 7.89. The number of hydrogen-bond acceptors (Lipinski definition) is 3. The molecule has 1 saturated heterocycles. The summed E-state index contributed by atoms with van der Waals surface area (Å²) in [6, 6.07) is 3.94. The molecule has 20 heavy (non-hydrogen) atoms. The lowest BCUT2D eigenvalue weighted by molar-refractivity contribution is 0.333. The summed E-state index contributed by atoms with van der Waals surface area (Å²) in [5.41, 5.74) is 0. The number of hydrogen-bond donors (Lipinski definition) is 1. The van der Waals surface area contributed by atoms with Crippen molar-refractivity contribution < 1.29 is 12.8 Å². The lowest BCUT2D eigenvalue weighted by Gasteiger charge is -2.27. The van der Waals surface area contributed by atoms with Crippen molar-refractivity contribution in [1.29, 1.82) is 0 Å². The number of sulfonamides is 1. The van der Waals surface area contributed by atoms with Gasteiger partial charge in [0, 0.05) is 19.1 Å². The number of rotatable bonds is 5. The van der Waals surface area contributed by atoms with Gasteiger partial charge < -0.3 is 5.32 Å². The van der Waals surface area contributed by atoms with Crippen molar-refractivity contribution in [3.05, 3.63) is 29.0 Å². The molecule has 1 N–H and O–H groups in total. The van der Waals surface area contributed by atoms with Crippen LogP contribution in [0.1, 0.15) is 19.8 Å². The van der Waals surface area contributed by atoms with E-state index in [1.54, 1.807) is 0 Å². The Morgan fingerprint density at radius 3 is 2.85 bits per heavy atom. The molecule has 7 heteroatoms. The molecule has 0 aromatic heterocycles. The molecular weight excluding hydrogens is 303 g/mol. The minimum absolute atomic E-state index is 0.127. The Morgan fingerprint density at radius 2 is 2.25 bits per heavy atom. The van der Waals surface area contributed by atoms with Crippen molar-refractivity contribution in [2.75, 3.05) is 19.6 Å². The number of nitrogens with zero attached hydrogens (tertiary/aromatic N) is 1. The highest BCUT2D eigenvalue weighted by atomic mass is 35.5. The molecule has 0 radical (unpaired) electrons. The zero-order valence-electron chi connectivity index (χ0n) is 11.3. The van der Waals surface area contributed by atoms with E-state index >= 15 is 0 Å². The van der Waals surface area contributed by atoms with Crippen LogP contribution in [0.25, 0.3) is 0 Å². The van der Waals surface area contributed by atoms with Gasteiger partial charge in [-0.25, -0.2) is 12.8 Å². The van der Waals surface area contributed by atoms with E-state index in [1.807, 2.05) is 6.92 Å². The van der Waals surface area contributed by atoms with Crippen LogP contribution in [0.3, 0.4) is 0 Å². The largest absolute Gasteiger partial charge is 0.315 e. The smallest absolute Gasteiger partial charge is 0.246 e. The number of benzene rings is 1. The van der Waals surface area contributed by atoms with E-state index < -0.39 is 15.8 Å². The van der Waals surface area contributed by atoms with Gasteiger partial charge in [0.15, 0.2) is 5.82 Å². The van der Waals surface area contributed by atoms with Crippen LogP contribution >= 0.6 is 11.6 Å². The molecule has 1 fully saturated rings. The summed E-state index contributed by atoms with van der Waals surface area (Å²) in [4.78, 5) is -0.342. The Balaban J connectivity index is 2.42. The van der Waals surface area contributed by atoms with Gasteiger partial charge in [0.25, 0.3) is 0 Å². The predicted octanol–water partition coefficient (Wildman–Crippen LogP) is 2.24. The average Bonchev–Trinajstić information content (AvgIpc) is 2.92. The molecule has 1 atom stereocenters. The molecule has 0 spiro atoms. The summed E-state index contributed by atoms with van der Waals surface area (Å²) >= 11 is 5.69. The van der Waals surface area contributed by atoms with Crippen LogP contribution in [0.4, 0.5) is 4.39 Å². The first kappa shape index (κ1) is 15.7. The van der Waals surface area contributed by atoms with Crippen LogP contribution in [0.5, 0.6) is 0 Å². The molecule has 0 aliphatic carbocycles. The lowest BCUT2D eigenvalue weighted by atomic mass is 10.2. The zero-order valence-corrected chi connectivity index (χ0v) is 12.8. The Bertz CT molecular complexity index is 574. The van der Waals surface area contributed by atoms with Gasteiger partial charge in [0.2, 0.25) is 10.0 Å². The van der Waals surface area contributed by atoms with Crippen molar-refractivity contribution in [2.45, 2.75) is 30.7 Å². The van der Waals surface area contributed by atoms with Crippen molar-refractivity contribution in [2.24, 2.45) is 0 Å². The minimum Gasteiger partial charge on any atom is -0.315 e. The third-order valence-corrected chi connectivity index (χ3v) is 5.65. The normalized spacial score (nSPS) is 19.7. The van der Waals surface area contributed by atoms with Gasteiger partial charge in [-0.3, -0.25) is 0 Å². The summed E-state index contributed by atoms with van der Waals surface area (Å²) in [5, 5.41) is 2.96. The molecule has 1 heterocycles. The standard InChI is InChI=1S/C13H18ClFN2O2S/c1-2-8-17(10-6-7-16-9-10)20(18,19)12-5-3-4-11(14)13(12)15/h3-5,10,16H,2,6-9H2,1H3. The first-order chi connectivity index (χ1) is 9.48. The molecule has 2 rings (SSSR count). The lowest BCUT2D eigenvalue weighted by Crippen LogP contribution is -2.42. The molecule has 1 aromatic carbocycles. The fourth-order valence-corrected chi connectivity index (χ4v) is 4.48. The number of halogens is 2. The van der Waals surface area contributed by atoms with E-state index in [1.165, 1.54) is 22.5 Å². The molecule has 112 valence electrons. The second-order valence-corrected chi connectivity index (χ2v) is 7.08. The van der Waals surface area contributed by atoms with Crippen molar-refractivity contribution >= 4 is 21.6 Å². The van der Waals surface area contributed by atoms with Gasteiger partial charge in [-0.05, 0) is 31.5 Å². The van der Waals surface area contributed by atoms with Crippen LogP contribution in [-0.4, -0.2) is 38.4 Å². The van der Waals surface area contributed by atoms with Crippen LogP contribution in [0.2, 0.25) is 5.02 Å². The Morgan fingerprint density at radius 1 is 1.50 bits per heavy atom. The quantitative estimate of drug-likeness (QED) is 0.905. The minimum atomic E-state index is -3.87. The van der Waals surface area contributed by atoms with E-state index in [4.69, 9.17) is 11.6 Å². The molecule has 0 amide bonds. The Labute approximate surface area is 124 Å². The highest BCUT2D eigenvalue weighted by Gasteiger charge is 2.34. The SMILES string of the molecule is CCCN(C1CCNC1)S(=O)(=O)c1cccc(Cl)c1F. The third kappa shape index (κ3) is 2.98. The van der Waals surface area contributed by atoms with Crippen LogP contribution in [0.15, 0.2) is 23.1 Å². The first-order valence-electron chi connectivity index (χ1n) is 6.65. The fourth-order valence-electron chi connectivity index (χ4n) is 2.41. The van der Waals surface area contributed by atoms with Crippen LogP contribution in [0, 0.1) is 5.82 Å². The average molecular weight is 321 g/mol. The van der Waals surface area contributed by atoms with E-state index in [0.717, 1.165) is 13.0 Å². The van der Waals surface area contributed by atoms with Gasteiger partial charge in [0.05, 0.1) is 5.02 Å². The highest BCUT2D eigenvalue weighted by Crippen LogP contribution is 2.27. The molecule has 0 saturated carbocycles. The van der Waals surface area contributed by atoms with Gasteiger partial charge in [-0.1, -0.05) is 24.6 Å². The monoisotopic (exact) mass is 320 g/mol. The maximum absolute atomic E-state index is 14.0. The van der Waals surface area contributed by atoms with E-state index in [2.05, 4.69) is 5.32 Å². The van der Waals surface area contributed by atoms with Crippen molar-refractivity contribution in [1.82, 2.24) is 9.62 Å². The van der Waals surface area contributed by atoms with Gasteiger partial charge in [-0.2, -0.15) is 4.31 Å². The molecule has 1 unspecified atom stereocenters. The van der Waals surface area contributed by atoms with Gasteiger partial charge >= 0.3 is 0 Å². The van der Waals surface area contributed by atoms with Crippen LogP contribution in [-0.2, 0) is 10.0 Å². The Kier molecular flexibility index (Phi) is 5.01. The third-order valence-electron chi connectivity index (χ3n) is 3.39. The zero-order chi connectivity index (χ0) is 14.8. The van der Waals surface area contributed by atoms with Crippen molar-refractivity contribution in [3.63, 3.8) is 0 Å². The molecule has 1 aliphatic heterocycles. The number of nitrogens with one attached hydrogen (secondary N) is 1. The first-order valence-corrected chi connectivity index (χ1v) is 8.47. The van der Waals surface area contributed by atoms with Crippen LogP contribution < -0.4 is 5.32 Å². The molecule has 4 nitrogen and oxygen atoms in total. The predicted molar refractivity (Wildman–Crippen MR) is 76.9 cm³/mol. The van der Waals surface area contributed by atoms with E-state index in [0.29, 0.717) is 19.5 Å². The summed E-state index contributed by atoms with van der Waals surface area (Å²) in [5.74, 6) is -0.874. The molecule has 1 aliphatic rings. The Hall–Kier alpha value is -0.690. The second-order valence-electron chi connectivity index (χ2n) is 4.81. The molecule has 1 aromatic rings. The summed E-state index contributed by atoms with van der Waals surface area (Å²) in [6.45, 7) is 3.65. The maximum Gasteiger partial charge on any atom is 0.246 e.